The minimum Gasteiger partial charge on any atom is -0.459 e. The Balaban J connectivity index is 1.53. The summed E-state index contributed by atoms with van der Waals surface area (Å²) in [7, 11) is 0. The fourth-order valence-corrected chi connectivity index (χ4v) is 4.45. The first-order valence-electron chi connectivity index (χ1n) is 10.3. The van der Waals surface area contributed by atoms with Crippen LogP contribution in [0.15, 0.2) is 35.2 Å². The van der Waals surface area contributed by atoms with Gasteiger partial charge in [0.15, 0.2) is 0 Å². The number of cyclic esters (lactones) is 1. The Morgan fingerprint density at radius 2 is 1.62 bits per heavy atom. The molecule has 1 aliphatic heterocycles. The molecular weight excluding hydrogens is 344 g/mol. The molecule has 0 radical (unpaired) electrons. The number of hydrogen-bond acceptors (Lipinski definition) is 4. The van der Waals surface area contributed by atoms with E-state index < -0.39 is 0 Å². The fraction of sp³-hybridized carbons (Fsp3) is 0.682. The summed E-state index contributed by atoms with van der Waals surface area (Å²) in [5, 5.41) is 10.1. The van der Waals surface area contributed by atoms with Crippen LogP contribution in [0.1, 0.15) is 77.6 Å². The molecular formula is C22H34O3S. The molecule has 26 heavy (non-hydrogen) atoms. The number of aliphatic hydroxyl groups is 1. The summed E-state index contributed by atoms with van der Waals surface area (Å²) in [6, 6.07) is 9.92. The van der Waals surface area contributed by atoms with Gasteiger partial charge in [-0.2, -0.15) is 0 Å². The Morgan fingerprint density at radius 1 is 1.00 bits per heavy atom. The zero-order valence-corrected chi connectivity index (χ0v) is 16.9. The van der Waals surface area contributed by atoms with Crippen molar-refractivity contribution in [2.45, 2.75) is 99.9 Å². The number of esters is 1. The second-order valence-corrected chi connectivity index (χ2v) is 8.55. The quantitative estimate of drug-likeness (QED) is 0.331. The lowest BCUT2D eigenvalue weighted by molar-refractivity contribution is -0.169. The Kier molecular flexibility index (Phi) is 10.2. The molecule has 1 N–H and O–H groups in total. The number of aliphatic hydroxyl groups excluding tert-OH is 1. The van der Waals surface area contributed by atoms with Crippen LogP contribution in [0.3, 0.4) is 0 Å². The van der Waals surface area contributed by atoms with E-state index in [9.17, 15) is 9.90 Å². The highest BCUT2D eigenvalue weighted by Gasteiger charge is 2.43. The maximum atomic E-state index is 11.7. The number of benzene rings is 1. The molecule has 1 heterocycles. The predicted octanol–water partition coefficient (Wildman–Crippen LogP) is 5.74. The van der Waals surface area contributed by atoms with Crippen molar-refractivity contribution in [3.8, 4) is 0 Å². The van der Waals surface area contributed by atoms with Crippen LogP contribution in [0.5, 0.6) is 0 Å². The summed E-state index contributed by atoms with van der Waals surface area (Å²) in [6.45, 7) is 2.25. The highest BCUT2D eigenvalue weighted by Crippen LogP contribution is 2.36. The zero-order chi connectivity index (χ0) is 18.6. The molecule has 146 valence electrons. The number of carbonyl (C=O) groups excluding carboxylic acids is 1. The van der Waals surface area contributed by atoms with Crippen LogP contribution in [0.25, 0.3) is 0 Å². The second kappa shape index (κ2) is 12.4. The number of carbonyl (C=O) groups is 1. The highest BCUT2D eigenvalue weighted by atomic mass is 32.2. The smallest absolute Gasteiger partial charge is 0.323 e. The monoisotopic (exact) mass is 378 g/mol. The molecule has 3 atom stereocenters. The number of unbranched alkanes of at least 4 members (excludes halogenated alkanes) is 8. The topological polar surface area (TPSA) is 46.5 Å². The molecule has 0 aliphatic carbocycles. The third kappa shape index (κ3) is 7.71. The Hall–Kier alpha value is -1.00. The van der Waals surface area contributed by atoms with Gasteiger partial charge in [-0.1, -0.05) is 82.9 Å². The van der Waals surface area contributed by atoms with Gasteiger partial charge in [-0.3, -0.25) is 4.79 Å². The number of ether oxygens (including phenoxy) is 1. The molecule has 2 rings (SSSR count). The van der Waals surface area contributed by atoms with Crippen LogP contribution < -0.4 is 0 Å². The van der Waals surface area contributed by atoms with Crippen LogP contribution in [-0.4, -0.2) is 28.5 Å². The lowest BCUT2D eigenvalue weighted by Gasteiger charge is -2.35. The van der Waals surface area contributed by atoms with E-state index in [0.29, 0.717) is 6.42 Å². The van der Waals surface area contributed by atoms with Crippen molar-refractivity contribution in [2.24, 2.45) is 0 Å². The van der Waals surface area contributed by atoms with Gasteiger partial charge in [0.2, 0.25) is 0 Å². The van der Waals surface area contributed by atoms with E-state index in [2.05, 4.69) is 6.92 Å². The summed E-state index contributed by atoms with van der Waals surface area (Å²) < 4.78 is 5.27. The van der Waals surface area contributed by atoms with Gasteiger partial charge in [0.1, 0.15) is 11.4 Å². The number of hydrogen-bond donors (Lipinski definition) is 1. The van der Waals surface area contributed by atoms with Gasteiger partial charge < -0.3 is 9.84 Å². The second-order valence-electron chi connectivity index (χ2n) is 7.33. The summed E-state index contributed by atoms with van der Waals surface area (Å²) >= 11 is 1.55. The Bertz CT molecular complexity index is 505. The molecule has 1 unspecified atom stereocenters. The average molecular weight is 379 g/mol. The first-order chi connectivity index (χ1) is 12.7. The molecule has 1 fully saturated rings. The average Bonchev–Trinajstić information content (AvgIpc) is 2.65. The maximum absolute atomic E-state index is 11.7. The van der Waals surface area contributed by atoms with E-state index in [1.165, 1.54) is 51.4 Å². The van der Waals surface area contributed by atoms with Gasteiger partial charge in [0.05, 0.1) is 6.10 Å². The minimum absolute atomic E-state index is 0.152. The van der Waals surface area contributed by atoms with Crippen LogP contribution in [0, 0.1) is 0 Å². The van der Waals surface area contributed by atoms with Crippen molar-refractivity contribution in [1.82, 2.24) is 0 Å². The summed E-state index contributed by atoms with van der Waals surface area (Å²) in [4.78, 5) is 12.8. The molecule has 0 aromatic heterocycles. The summed E-state index contributed by atoms with van der Waals surface area (Å²) in [6.07, 6.45) is 12.4. The fourth-order valence-electron chi connectivity index (χ4n) is 3.38. The van der Waals surface area contributed by atoms with Gasteiger partial charge in [0, 0.05) is 11.3 Å². The molecule has 0 saturated carbocycles. The summed E-state index contributed by atoms with van der Waals surface area (Å²) in [5.74, 6) is -0.154. The van der Waals surface area contributed by atoms with Crippen molar-refractivity contribution in [3.05, 3.63) is 30.3 Å². The Labute approximate surface area is 162 Å². The van der Waals surface area contributed by atoms with Gasteiger partial charge in [-0.05, 0) is 18.6 Å². The van der Waals surface area contributed by atoms with Crippen LogP contribution in [0.4, 0.5) is 0 Å². The zero-order valence-electron chi connectivity index (χ0n) is 16.1. The number of rotatable bonds is 14. The van der Waals surface area contributed by atoms with E-state index in [1.54, 1.807) is 11.8 Å². The molecule has 3 nitrogen and oxygen atoms in total. The largest absolute Gasteiger partial charge is 0.459 e. The van der Waals surface area contributed by atoms with E-state index in [0.717, 1.165) is 17.7 Å². The summed E-state index contributed by atoms with van der Waals surface area (Å²) in [5.41, 5.74) is 0. The first-order valence-corrected chi connectivity index (χ1v) is 11.2. The molecule has 4 heteroatoms. The van der Waals surface area contributed by atoms with E-state index in [4.69, 9.17) is 4.74 Å². The maximum Gasteiger partial charge on any atom is 0.323 e. The van der Waals surface area contributed by atoms with Gasteiger partial charge >= 0.3 is 5.97 Å². The Morgan fingerprint density at radius 3 is 2.23 bits per heavy atom. The minimum atomic E-state index is -0.364. The van der Waals surface area contributed by atoms with Crippen molar-refractivity contribution in [1.29, 1.82) is 0 Å². The van der Waals surface area contributed by atoms with Crippen LogP contribution >= 0.6 is 11.8 Å². The van der Waals surface area contributed by atoms with Gasteiger partial charge in [0.25, 0.3) is 0 Å². The third-order valence-electron chi connectivity index (χ3n) is 4.99. The van der Waals surface area contributed by atoms with E-state index in [-0.39, 0.29) is 23.4 Å². The van der Waals surface area contributed by atoms with E-state index >= 15 is 0 Å². The number of thioether (sulfide) groups is 1. The highest BCUT2D eigenvalue weighted by molar-refractivity contribution is 8.00. The van der Waals surface area contributed by atoms with Crippen molar-refractivity contribution >= 4 is 17.7 Å². The SMILES string of the molecule is CCCCCCCCCCCC(O)C[C@@H]1OC(=O)[C@H]1Sc1ccccc1. The first kappa shape index (κ1) is 21.3. The molecule has 0 spiro atoms. The molecule has 1 aromatic rings. The van der Waals surface area contributed by atoms with Crippen LogP contribution in [0.2, 0.25) is 0 Å². The molecule has 0 bridgehead atoms. The van der Waals surface area contributed by atoms with Crippen molar-refractivity contribution in [3.63, 3.8) is 0 Å². The standard InChI is InChI=1S/C22H34O3S/c1-2-3-4-5-6-7-8-9-11-14-18(23)17-20-21(22(24)25-20)26-19-15-12-10-13-16-19/h10,12-13,15-16,18,20-21,23H,2-9,11,14,17H2,1H3/t18?,20-,21-/m0/s1. The molecule has 1 aliphatic rings. The predicted molar refractivity (Wildman–Crippen MR) is 108 cm³/mol. The third-order valence-corrected chi connectivity index (χ3v) is 6.28. The molecule has 0 amide bonds. The van der Waals surface area contributed by atoms with Crippen molar-refractivity contribution in [2.75, 3.05) is 0 Å². The van der Waals surface area contributed by atoms with E-state index in [1.807, 2.05) is 30.3 Å². The normalized spacial score (nSPS) is 20.5. The molecule has 1 saturated heterocycles. The van der Waals surface area contributed by atoms with Crippen molar-refractivity contribution < 1.29 is 14.6 Å². The van der Waals surface area contributed by atoms with Gasteiger partial charge in [-0.25, -0.2) is 0 Å². The lowest BCUT2D eigenvalue weighted by atomic mass is 9.99. The lowest BCUT2D eigenvalue weighted by Crippen LogP contribution is -2.49. The van der Waals surface area contributed by atoms with Crippen LogP contribution in [-0.2, 0) is 9.53 Å². The molecule has 1 aromatic carbocycles. The van der Waals surface area contributed by atoms with Gasteiger partial charge in [-0.15, -0.1) is 11.8 Å².